The molecule has 1 amide bonds. The van der Waals surface area contributed by atoms with E-state index in [1.54, 1.807) is 16.8 Å². The second-order valence-electron chi connectivity index (χ2n) is 8.75. The van der Waals surface area contributed by atoms with E-state index in [2.05, 4.69) is 25.5 Å². The van der Waals surface area contributed by atoms with Gasteiger partial charge in [-0.05, 0) is 31.9 Å². The SMILES string of the molecule is Cc1nnc2c(OC3CCN(C(CNC(=O)c4c(F)cccc4Cl)c4scnc4C(F)F)CC3)nccn12. The lowest BCUT2D eigenvalue weighted by atomic mass is 10.0. The van der Waals surface area contributed by atoms with Gasteiger partial charge in [0, 0.05) is 32.0 Å². The third-order valence-electron chi connectivity index (χ3n) is 6.44. The average molecular weight is 566 g/mol. The molecule has 1 saturated heterocycles. The summed E-state index contributed by atoms with van der Waals surface area (Å²) in [4.78, 5) is 23.3. The Morgan fingerprint density at radius 2 is 2.05 bits per heavy atom. The quantitative estimate of drug-likeness (QED) is 0.332. The maximum Gasteiger partial charge on any atom is 0.281 e. The van der Waals surface area contributed by atoms with E-state index in [1.807, 2.05) is 11.8 Å². The number of thiazole rings is 1. The summed E-state index contributed by atoms with van der Waals surface area (Å²) >= 11 is 7.12. The van der Waals surface area contributed by atoms with Crippen molar-refractivity contribution >= 4 is 34.5 Å². The van der Waals surface area contributed by atoms with Crippen LogP contribution in [0.2, 0.25) is 5.02 Å². The minimum atomic E-state index is -2.77. The number of ether oxygens (including phenoxy) is 1. The summed E-state index contributed by atoms with van der Waals surface area (Å²) in [5, 5.41) is 10.8. The van der Waals surface area contributed by atoms with Crippen LogP contribution in [0.25, 0.3) is 5.65 Å². The van der Waals surface area contributed by atoms with Crippen molar-refractivity contribution in [3.8, 4) is 5.88 Å². The number of nitrogens with one attached hydrogen (secondary N) is 1. The zero-order valence-corrected chi connectivity index (χ0v) is 21.7. The monoisotopic (exact) mass is 565 g/mol. The Morgan fingerprint density at radius 3 is 2.79 bits per heavy atom. The summed E-state index contributed by atoms with van der Waals surface area (Å²) in [5.41, 5.74) is 1.27. The number of likely N-dealkylation sites (tertiary alicyclic amines) is 1. The number of nitrogens with zero attached hydrogens (tertiary/aromatic N) is 6. The van der Waals surface area contributed by atoms with Gasteiger partial charge < -0.3 is 10.1 Å². The van der Waals surface area contributed by atoms with Crippen molar-refractivity contribution in [2.45, 2.75) is 38.3 Å². The highest BCUT2D eigenvalue weighted by molar-refractivity contribution is 7.09. The van der Waals surface area contributed by atoms with E-state index >= 15 is 0 Å². The van der Waals surface area contributed by atoms with Crippen LogP contribution < -0.4 is 10.1 Å². The minimum absolute atomic E-state index is 0.0309. The Kier molecular flexibility index (Phi) is 7.77. The van der Waals surface area contributed by atoms with Gasteiger partial charge in [-0.15, -0.1) is 21.5 Å². The third kappa shape index (κ3) is 5.31. The van der Waals surface area contributed by atoms with Gasteiger partial charge in [0.05, 0.1) is 27.0 Å². The molecule has 1 unspecified atom stereocenters. The van der Waals surface area contributed by atoms with Crippen LogP contribution in [0.1, 0.15) is 52.1 Å². The topological polar surface area (TPSA) is 97.5 Å². The van der Waals surface area contributed by atoms with Gasteiger partial charge in [-0.2, -0.15) is 0 Å². The van der Waals surface area contributed by atoms with Crippen molar-refractivity contribution in [1.82, 2.24) is 34.8 Å². The predicted octanol–water partition coefficient (Wildman–Crippen LogP) is 4.63. The number of carbonyl (C=O) groups excluding carboxylic acids is 1. The molecule has 0 saturated carbocycles. The van der Waals surface area contributed by atoms with Gasteiger partial charge in [0.15, 0.2) is 0 Å². The molecule has 1 aliphatic rings. The molecule has 0 spiro atoms. The van der Waals surface area contributed by atoms with Crippen molar-refractivity contribution in [2.75, 3.05) is 19.6 Å². The number of piperidine rings is 1. The minimum Gasteiger partial charge on any atom is -0.472 e. The second-order valence-corrected chi connectivity index (χ2v) is 10.0. The second kappa shape index (κ2) is 11.2. The van der Waals surface area contributed by atoms with E-state index in [0.29, 0.717) is 48.2 Å². The lowest BCUT2D eigenvalue weighted by Gasteiger charge is -2.37. The first-order valence-corrected chi connectivity index (χ1v) is 13.1. The number of aromatic nitrogens is 5. The van der Waals surface area contributed by atoms with Gasteiger partial charge in [-0.3, -0.25) is 14.1 Å². The number of halogens is 4. The standard InChI is InChI=1S/C24H23ClF3N7O2S/c1-13-32-33-22-24(29-7-10-35(13)22)37-14-5-8-34(9-6-14)17(20-19(21(27)28)31-12-38-20)11-30-23(36)18-15(25)3-2-4-16(18)26/h2-4,7,10,12,14,17,21H,5-6,8-9,11H2,1H3,(H,30,36). The van der Waals surface area contributed by atoms with E-state index in [9.17, 15) is 18.0 Å². The molecular formula is C24H23ClF3N7O2S. The van der Waals surface area contributed by atoms with Crippen LogP contribution in [-0.2, 0) is 0 Å². The number of aryl methyl sites for hydroxylation is 1. The Labute approximate surface area is 224 Å². The summed E-state index contributed by atoms with van der Waals surface area (Å²) in [7, 11) is 0. The molecular weight excluding hydrogens is 543 g/mol. The van der Waals surface area contributed by atoms with Gasteiger partial charge in [0.25, 0.3) is 18.2 Å². The van der Waals surface area contributed by atoms with Crippen molar-refractivity contribution < 1.29 is 22.7 Å². The van der Waals surface area contributed by atoms with Gasteiger partial charge in [0.2, 0.25) is 5.65 Å². The molecule has 4 aromatic rings. The van der Waals surface area contributed by atoms with Gasteiger partial charge in [0.1, 0.15) is 23.4 Å². The number of hydrogen-bond donors (Lipinski definition) is 1. The smallest absolute Gasteiger partial charge is 0.281 e. The number of hydrogen-bond acceptors (Lipinski definition) is 8. The van der Waals surface area contributed by atoms with E-state index in [0.717, 1.165) is 17.4 Å². The molecule has 9 nitrogen and oxygen atoms in total. The average Bonchev–Trinajstić information content (AvgIpc) is 3.53. The number of benzene rings is 1. The first-order valence-electron chi connectivity index (χ1n) is 11.8. The van der Waals surface area contributed by atoms with Crippen molar-refractivity contribution in [3.63, 3.8) is 0 Å². The molecule has 1 aliphatic heterocycles. The van der Waals surface area contributed by atoms with Crippen molar-refractivity contribution in [3.05, 3.63) is 68.9 Å². The van der Waals surface area contributed by atoms with Crippen LogP contribution in [0.15, 0.2) is 36.1 Å². The number of rotatable bonds is 8. The molecule has 200 valence electrons. The van der Waals surface area contributed by atoms with E-state index in [4.69, 9.17) is 16.3 Å². The van der Waals surface area contributed by atoms with Crippen LogP contribution >= 0.6 is 22.9 Å². The number of carbonyl (C=O) groups is 1. The molecule has 0 bridgehead atoms. The molecule has 1 atom stereocenters. The van der Waals surface area contributed by atoms with E-state index in [1.165, 1.54) is 17.6 Å². The summed E-state index contributed by atoms with van der Waals surface area (Å²) in [6.07, 6.45) is 1.59. The molecule has 5 rings (SSSR count). The fourth-order valence-corrected chi connectivity index (χ4v) is 5.70. The Balaban J connectivity index is 1.31. The highest BCUT2D eigenvalue weighted by atomic mass is 35.5. The first-order chi connectivity index (χ1) is 18.3. The van der Waals surface area contributed by atoms with Crippen molar-refractivity contribution in [2.24, 2.45) is 0 Å². The zero-order chi connectivity index (χ0) is 26.8. The van der Waals surface area contributed by atoms with E-state index in [-0.39, 0.29) is 28.9 Å². The maximum atomic E-state index is 14.3. The predicted molar refractivity (Wildman–Crippen MR) is 134 cm³/mol. The van der Waals surface area contributed by atoms with Crippen LogP contribution in [0.3, 0.4) is 0 Å². The lowest BCUT2D eigenvalue weighted by Crippen LogP contribution is -2.44. The van der Waals surface area contributed by atoms with Gasteiger partial charge in [-0.25, -0.2) is 23.1 Å². The van der Waals surface area contributed by atoms with Crippen LogP contribution in [0.4, 0.5) is 13.2 Å². The summed E-state index contributed by atoms with van der Waals surface area (Å²) in [5.74, 6) is -0.396. The summed E-state index contributed by atoms with van der Waals surface area (Å²) < 4.78 is 49.6. The number of fused-ring (bicyclic) bond motifs is 1. The van der Waals surface area contributed by atoms with Crippen molar-refractivity contribution in [1.29, 1.82) is 0 Å². The normalized spacial score (nSPS) is 15.7. The fraction of sp³-hybridized carbons (Fsp3) is 0.375. The Bertz CT molecular complexity index is 1420. The molecule has 38 heavy (non-hydrogen) atoms. The summed E-state index contributed by atoms with van der Waals surface area (Å²) in [6, 6.07) is 3.35. The highest BCUT2D eigenvalue weighted by Gasteiger charge is 2.32. The molecule has 0 radical (unpaired) electrons. The number of alkyl halides is 2. The summed E-state index contributed by atoms with van der Waals surface area (Å²) in [6.45, 7) is 2.80. The van der Waals surface area contributed by atoms with Gasteiger partial charge in [-0.1, -0.05) is 17.7 Å². The van der Waals surface area contributed by atoms with Gasteiger partial charge >= 0.3 is 0 Å². The Hall–Kier alpha value is -3.29. The Morgan fingerprint density at radius 1 is 1.26 bits per heavy atom. The zero-order valence-electron chi connectivity index (χ0n) is 20.2. The van der Waals surface area contributed by atoms with Crippen LogP contribution in [0.5, 0.6) is 5.88 Å². The molecule has 3 aromatic heterocycles. The van der Waals surface area contributed by atoms with E-state index < -0.39 is 24.2 Å². The molecule has 1 aromatic carbocycles. The lowest BCUT2D eigenvalue weighted by molar-refractivity contribution is 0.0686. The first kappa shape index (κ1) is 26.3. The maximum absolute atomic E-state index is 14.3. The van der Waals surface area contributed by atoms with Crippen LogP contribution in [0, 0.1) is 12.7 Å². The number of amides is 1. The highest BCUT2D eigenvalue weighted by Crippen LogP contribution is 2.35. The fourth-order valence-electron chi connectivity index (χ4n) is 4.52. The third-order valence-corrected chi connectivity index (χ3v) is 7.70. The molecule has 0 aliphatic carbocycles. The molecule has 4 heterocycles. The molecule has 1 fully saturated rings. The molecule has 1 N–H and O–H groups in total. The largest absolute Gasteiger partial charge is 0.472 e. The van der Waals surface area contributed by atoms with Crippen LogP contribution in [-0.4, -0.2) is 61.1 Å². The molecule has 14 heteroatoms.